The number of ether oxygens (including phenoxy) is 2. The number of hydrogen-bond acceptors (Lipinski definition) is 6. The van der Waals surface area contributed by atoms with Crippen LogP contribution in [0.25, 0.3) is 0 Å². The molecule has 8 heteroatoms. The minimum Gasteiger partial charge on any atom is -0.731 e. The largest absolute Gasteiger partial charge is 0.731 e. The molecule has 1 heterocycles. The molecule has 0 aromatic heterocycles. The maximum absolute atomic E-state index is 11.4. The van der Waals surface area contributed by atoms with Crippen LogP contribution in [0.15, 0.2) is 18.2 Å². The molecule has 0 spiro atoms. The van der Waals surface area contributed by atoms with E-state index in [-0.39, 0.29) is 18.1 Å². The van der Waals surface area contributed by atoms with Crippen molar-refractivity contribution in [2.24, 2.45) is 0 Å². The first-order chi connectivity index (χ1) is 10.6. The molecule has 7 nitrogen and oxygen atoms in total. The van der Waals surface area contributed by atoms with E-state index >= 15 is 0 Å². The zero-order chi connectivity index (χ0) is 17.3. The molecule has 0 radical (unpaired) electrons. The summed E-state index contributed by atoms with van der Waals surface area (Å²) in [5.41, 5.74) is 1.50. The second-order valence-electron chi connectivity index (χ2n) is 5.94. The number of benzene rings is 1. The predicted octanol–water partition coefficient (Wildman–Crippen LogP) is 1.23. The third-order valence-electron chi connectivity index (χ3n) is 3.76. The molecule has 1 unspecified atom stereocenters. The molecular formula is C15H20NO6S-. The molecule has 1 aromatic carbocycles. The van der Waals surface area contributed by atoms with Gasteiger partial charge in [0, 0.05) is 18.6 Å². The number of carbonyl (C=O) groups is 1. The summed E-state index contributed by atoms with van der Waals surface area (Å²) in [6.07, 6.45) is -0.132. The van der Waals surface area contributed by atoms with Crippen molar-refractivity contribution < 1.29 is 27.2 Å². The van der Waals surface area contributed by atoms with Gasteiger partial charge < -0.3 is 14.0 Å². The van der Waals surface area contributed by atoms with Gasteiger partial charge in [0.1, 0.15) is 5.75 Å². The summed E-state index contributed by atoms with van der Waals surface area (Å²) in [7, 11) is -4.76. The number of aryl methyl sites for hydroxylation is 1. The lowest BCUT2D eigenvalue weighted by Gasteiger charge is -2.25. The molecule has 1 N–H and O–H groups in total. The first-order valence-electron chi connectivity index (χ1n) is 7.31. The molecule has 0 bridgehead atoms. The molecule has 0 fully saturated rings. The first kappa shape index (κ1) is 17.7. The topological polar surface area (TPSA) is 105 Å². The molecule has 1 amide bonds. The SMILES string of the molecule is CCOC1Oc2ccc(CCC(=O)NS(=O)(=O)[O-])cc2C1(C)C. The highest BCUT2D eigenvalue weighted by Crippen LogP contribution is 2.43. The van der Waals surface area contributed by atoms with Gasteiger partial charge >= 0.3 is 0 Å². The Morgan fingerprint density at radius 2 is 2.13 bits per heavy atom. The summed E-state index contributed by atoms with van der Waals surface area (Å²) in [5.74, 6) is -0.0769. The van der Waals surface area contributed by atoms with E-state index < -0.39 is 16.2 Å². The summed E-state index contributed by atoms with van der Waals surface area (Å²) in [6.45, 7) is 6.47. The molecule has 128 valence electrons. The van der Waals surface area contributed by atoms with Gasteiger partial charge in [-0.25, -0.2) is 8.42 Å². The summed E-state index contributed by atoms with van der Waals surface area (Å²) in [5, 5.41) is 0. The van der Waals surface area contributed by atoms with Crippen LogP contribution in [0.3, 0.4) is 0 Å². The molecular weight excluding hydrogens is 322 g/mol. The van der Waals surface area contributed by atoms with Crippen molar-refractivity contribution in [1.29, 1.82) is 0 Å². The Bertz CT molecular complexity index is 698. The maximum Gasteiger partial charge on any atom is 0.232 e. The Balaban J connectivity index is 2.08. The lowest BCUT2D eigenvalue weighted by atomic mass is 9.84. The van der Waals surface area contributed by atoms with Crippen LogP contribution in [0.5, 0.6) is 5.75 Å². The van der Waals surface area contributed by atoms with Crippen molar-refractivity contribution >= 4 is 16.2 Å². The zero-order valence-corrected chi connectivity index (χ0v) is 14.1. The Morgan fingerprint density at radius 1 is 1.43 bits per heavy atom. The van der Waals surface area contributed by atoms with E-state index in [4.69, 9.17) is 9.47 Å². The van der Waals surface area contributed by atoms with Crippen LogP contribution in [-0.2, 0) is 31.7 Å². The number of fused-ring (bicyclic) bond motifs is 1. The van der Waals surface area contributed by atoms with Crippen molar-refractivity contribution in [2.45, 2.75) is 45.3 Å². The van der Waals surface area contributed by atoms with Crippen LogP contribution in [0.1, 0.15) is 38.3 Å². The second-order valence-corrected chi connectivity index (χ2v) is 7.05. The third kappa shape index (κ3) is 4.21. The van der Waals surface area contributed by atoms with Gasteiger partial charge in [0.15, 0.2) is 10.3 Å². The molecule has 1 atom stereocenters. The fourth-order valence-corrected chi connectivity index (χ4v) is 2.95. The van der Waals surface area contributed by atoms with Gasteiger partial charge in [-0.3, -0.25) is 9.52 Å². The van der Waals surface area contributed by atoms with Crippen molar-refractivity contribution in [3.8, 4) is 5.75 Å². The fraction of sp³-hybridized carbons (Fsp3) is 0.533. The van der Waals surface area contributed by atoms with Crippen LogP contribution in [-0.4, -0.2) is 31.8 Å². The minimum atomic E-state index is -4.76. The lowest BCUT2D eigenvalue weighted by molar-refractivity contribution is -0.119. The summed E-state index contributed by atoms with van der Waals surface area (Å²) < 4.78 is 44.2. The van der Waals surface area contributed by atoms with Gasteiger partial charge in [0.2, 0.25) is 12.2 Å². The van der Waals surface area contributed by atoms with E-state index in [9.17, 15) is 17.8 Å². The van der Waals surface area contributed by atoms with Crippen LogP contribution < -0.4 is 9.46 Å². The normalized spacial score (nSPS) is 19.0. The van der Waals surface area contributed by atoms with E-state index in [1.165, 1.54) is 4.72 Å². The number of nitrogens with one attached hydrogen (secondary N) is 1. The van der Waals surface area contributed by atoms with E-state index in [2.05, 4.69) is 0 Å². The number of carbonyl (C=O) groups excluding carboxylic acids is 1. The first-order valence-corrected chi connectivity index (χ1v) is 8.72. The van der Waals surface area contributed by atoms with E-state index in [1.54, 1.807) is 0 Å². The van der Waals surface area contributed by atoms with Gasteiger partial charge in [-0.05, 0) is 38.8 Å². The molecule has 1 aliphatic rings. The quantitative estimate of drug-likeness (QED) is 0.780. The lowest BCUT2D eigenvalue weighted by Crippen LogP contribution is -2.34. The molecule has 1 aliphatic heterocycles. The Hall–Kier alpha value is -1.64. The van der Waals surface area contributed by atoms with Gasteiger partial charge in [-0.1, -0.05) is 12.1 Å². The van der Waals surface area contributed by atoms with Crippen molar-refractivity contribution in [2.75, 3.05) is 6.61 Å². The van der Waals surface area contributed by atoms with Crippen molar-refractivity contribution in [3.05, 3.63) is 29.3 Å². The molecule has 1 aromatic rings. The maximum atomic E-state index is 11.4. The number of hydrogen-bond donors (Lipinski definition) is 1. The van der Waals surface area contributed by atoms with Gasteiger partial charge in [-0.2, -0.15) is 0 Å². The van der Waals surface area contributed by atoms with Crippen molar-refractivity contribution in [1.82, 2.24) is 4.72 Å². The molecule has 0 saturated carbocycles. The number of amides is 1. The molecule has 0 aliphatic carbocycles. The van der Waals surface area contributed by atoms with Crippen LogP contribution in [0.2, 0.25) is 0 Å². The zero-order valence-electron chi connectivity index (χ0n) is 13.3. The third-order valence-corrected chi connectivity index (χ3v) is 4.24. The van der Waals surface area contributed by atoms with Crippen LogP contribution in [0, 0.1) is 0 Å². The predicted molar refractivity (Wildman–Crippen MR) is 81.7 cm³/mol. The Labute approximate surface area is 135 Å². The standard InChI is InChI=1S/C15H21NO6S/c1-4-21-14-15(2,3)11-9-10(5-7-12(11)22-14)6-8-13(17)16-23(18,19)20/h5,7,9,14H,4,6,8H2,1-3H3,(H,16,17)(H,18,19,20)/p-1. The number of rotatable bonds is 6. The molecule has 2 rings (SSSR count). The summed E-state index contributed by atoms with van der Waals surface area (Å²) in [6, 6.07) is 5.54. The second kappa shape index (κ2) is 6.46. The Kier molecular flexibility index (Phi) is 4.98. The average molecular weight is 342 g/mol. The van der Waals surface area contributed by atoms with E-state index in [1.807, 2.05) is 39.0 Å². The average Bonchev–Trinajstić information content (AvgIpc) is 2.67. The highest BCUT2D eigenvalue weighted by Gasteiger charge is 2.42. The van der Waals surface area contributed by atoms with Gasteiger partial charge in [0.05, 0.1) is 5.41 Å². The highest BCUT2D eigenvalue weighted by molar-refractivity contribution is 7.84. The van der Waals surface area contributed by atoms with Crippen LogP contribution in [0.4, 0.5) is 0 Å². The van der Waals surface area contributed by atoms with Crippen molar-refractivity contribution in [3.63, 3.8) is 0 Å². The van der Waals surface area contributed by atoms with Gasteiger partial charge in [0.25, 0.3) is 0 Å². The van der Waals surface area contributed by atoms with Crippen LogP contribution >= 0.6 is 0 Å². The van der Waals surface area contributed by atoms with E-state index in [0.717, 1.165) is 16.9 Å². The summed E-state index contributed by atoms with van der Waals surface area (Å²) >= 11 is 0. The fourth-order valence-electron chi connectivity index (χ4n) is 2.57. The Morgan fingerprint density at radius 3 is 2.74 bits per heavy atom. The summed E-state index contributed by atoms with van der Waals surface area (Å²) in [4.78, 5) is 11.4. The molecule has 23 heavy (non-hydrogen) atoms. The highest BCUT2D eigenvalue weighted by atomic mass is 32.2. The van der Waals surface area contributed by atoms with E-state index in [0.29, 0.717) is 13.0 Å². The molecule has 0 saturated heterocycles. The monoisotopic (exact) mass is 342 g/mol. The smallest absolute Gasteiger partial charge is 0.232 e. The minimum absolute atomic E-state index is 0.0869. The van der Waals surface area contributed by atoms with Gasteiger partial charge in [-0.15, -0.1) is 0 Å².